The van der Waals surface area contributed by atoms with E-state index in [1.165, 1.54) is 6.33 Å². The number of pyridine rings is 1. The van der Waals surface area contributed by atoms with Crippen LogP contribution < -0.4 is 20.5 Å². The van der Waals surface area contributed by atoms with Crippen LogP contribution in [-0.4, -0.2) is 22.1 Å². The Morgan fingerprint density at radius 2 is 1.75 bits per heavy atom. The van der Waals surface area contributed by atoms with Crippen molar-refractivity contribution in [1.82, 2.24) is 15.0 Å². The van der Waals surface area contributed by atoms with E-state index in [0.717, 1.165) is 22.3 Å². The van der Waals surface area contributed by atoms with Crippen LogP contribution in [0.5, 0.6) is 17.4 Å². The number of anilines is 3. The summed E-state index contributed by atoms with van der Waals surface area (Å²) in [7, 11) is 1.61. The maximum Gasteiger partial charge on any atom is 0.248 e. The predicted octanol–water partition coefficient (Wildman–Crippen LogP) is 4.46. The molecule has 0 amide bonds. The first-order chi connectivity index (χ1) is 13.7. The maximum atomic E-state index is 6.27. The molecule has 0 aliphatic carbocycles. The molecular formula is C21H19N5O2. The normalized spacial score (nSPS) is 10.6. The zero-order chi connectivity index (χ0) is 19.5. The van der Waals surface area contributed by atoms with Gasteiger partial charge in [0.1, 0.15) is 23.3 Å². The van der Waals surface area contributed by atoms with Gasteiger partial charge in [0.25, 0.3) is 0 Å². The van der Waals surface area contributed by atoms with Crippen LogP contribution >= 0.6 is 0 Å². The van der Waals surface area contributed by atoms with Gasteiger partial charge >= 0.3 is 0 Å². The number of hydrogen-bond donors (Lipinski definition) is 2. The van der Waals surface area contributed by atoms with Gasteiger partial charge in [-0.3, -0.25) is 0 Å². The minimum absolute atomic E-state index is 0.253. The fourth-order valence-electron chi connectivity index (χ4n) is 2.84. The van der Waals surface area contributed by atoms with Crippen LogP contribution in [0.25, 0.3) is 10.9 Å². The summed E-state index contributed by atoms with van der Waals surface area (Å²) in [6.45, 7) is 1.94. The van der Waals surface area contributed by atoms with E-state index in [1.807, 2.05) is 61.5 Å². The third-order valence-corrected chi connectivity index (χ3v) is 4.24. The summed E-state index contributed by atoms with van der Waals surface area (Å²) in [5.41, 5.74) is 8.95. The topological polar surface area (TPSA) is 95.2 Å². The van der Waals surface area contributed by atoms with Gasteiger partial charge in [0.05, 0.1) is 12.8 Å². The molecule has 0 radical (unpaired) electrons. The highest BCUT2D eigenvalue weighted by Gasteiger charge is 2.14. The number of benzene rings is 2. The van der Waals surface area contributed by atoms with Gasteiger partial charge in [-0.05, 0) is 31.2 Å². The summed E-state index contributed by atoms with van der Waals surface area (Å²) >= 11 is 0. The van der Waals surface area contributed by atoms with Gasteiger partial charge in [-0.25, -0.2) is 9.97 Å². The number of ether oxygens (including phenoxy) is 2. The number of aryl methyl sites for hydroxylation is 1. The molecule has 7 heteroatoms. The van der Waals surface area contributed by atoms with Crippen molar-refractivity contribution in [2.24, 2.45) is 0 Å². The number of nitrogens with two attached hydrogens (primary N) is 1. The van der Waals surface area contributed by atoms with Gasteiger partial charge < -0.3 is 20.5 Å². The van der Waals surface area contributed by atoms with Crippen molar-refractivity contribution >= 4 is 28.1 Å². The molecule has 0 spiro atoms. The van der Waals surface area contributed by atoms with E-state index in [2.05, 4.69) is 20.3 Å². The SMILES string of the molecule is COc1ccccc1Nc1ncnc(Oc2cccc3ccc(C)nc23)c1N. The second kappa shape index (κ2) is 7.40. The second-order valence-corrected chi connectivity index (χ2v) is 6.15. The van der Waals surface area contributed by atoms with E-state index in [4.69, 9.17) is 15.2 Å². The van der Waals surface area contributed by atoms with Crippen molar-refractivity contribution in [1.29, 1.82) is 0 Å². The van der Waals surface area contributed by atoms with E-state index >= 15 is 0 Å². The molecule has 0 fully saturated rings. The fraction of sp³-hybridized carbons (Fsp3) is 0.0952. The lowest BCUT2D eigenvalue weighted by molar-refractivity contribution is 0.417. The number of rotatable bonds is 5. The summed E-state index contributed by atoms with van der Waals surface area (Å²) in [6, 6.07) is 17.2. The largest absolute Gasteiger partial charge is 0.495 e. The van der Waals surface area contributed by atoms with Crippen LogP contribution in [0.1, 0.15) is 5.69 Å². The van der Waals surface area contributed by atoms with E-state index in [0.29, 0.717) is 17.3 Å². The molecule has 4 rings (SSSR count). The number of nitrogens with one attached hydrogen (secondary N) is 1. The first-order valence-electron chi connectivity index (χ1n) is 8.70. The van der Waals surface area contributed by atoms with Gasteiger partial charge in [-0.2, -0.15) is 4.98 Å². The summed E-state index contributed by atoms with van der Waals surface area (Å²) in [4.78, 5) is 13.0. The Morgan fingerprint density at radius 3 is 2.61 bits per heavy atom. The summed E-state index contributed by atoms with van der Waals surface area (Å²) < 4.78 is 11.4. The molecular weight excluding hydrogens is 354 g/mol. The lowest BCUT2D eigenvalue weighted by atomic mass is 10.2. The number of nitrogen functional groups attached to an aromatic ring is 1. The fourth-order valence-corrected chi connectivity index (χ4v) is 2.84. The highest BCUT2D eigenvalue weighted by Crippen LogP contribution is 2.35. The summed E-state index contributed by atoms with van der Waals surface area (Å²) in [5.74, 6) is 1.94. The maximum absolute atomic E-state index is 6.27. The Kier molecular flexibility index (Phi) is 4.63. The minimum Gasteiger partial charge on any atom is -0.495 e. The number of hydrogen-bond acceptors (Lipinski definition) is 7. The van der Waals surface area contributed by atoms with Crippen molar-refractivity contribution in [3.63, 3.8) is 0 Å². The summed E-state index contributed by atoms with van der Waals surface area (Å²) in [5, 5.41) is 4.14. The quantitative estimate of drug-likeness (QED) is 0.533. The number of aromatic nitrogens is 3. The average Bonchev–Trinajstić information content (AvgIpc) is 2.71. The molecule has 2 heterocycles. The van der Waals surface area contributed by atoms with E-state index in [-0.39, 0.29) is 11.6 Å². The van der Waals surface area contributed by atoms with E-state index < -0.39 is 0 Å². The van der Waals surface area contributed by atoms with Crippen LogP contribution in [-0.2, 0) is 0 Å². The molecule has 3 N–H and O–H groups in total. The van der Waals surface area contributed by atoms with Gasteiger partial charge in [-0.15, -0.1) is 0 Å². The summed E-state index contributed by atoms with van der Waals surface area (Å²) in [6.07, 6.45) is 1.40. The number of methoxy groups -OCH3 is 1. The average molecular weight is 373 g/mol. The van der Waals surface area contributed by atoms with E-state index in [1.54, 1.807) is 7.11 Å². The molecule has 140 valence electrons. The number of fused-ring (bicyclic) bond motifs is 1. The Labute approximate surface area is 162 Å². The molecule has 0 atom stereocenters. The molecule has 0 saturated heterocycles. The second-order valence-electron chi connectivity index (χ2n) is 6.15. The highest BCUT2D eigenvalue weighted by molar-refractivity contribution is 5.85. The van der Waals surface area contributed by atoms with Crippen molar-refractivity contribution < 1.29 is 9.47 Å². The standard InChI is InChI=1S/C21H19N5O2/c1-13-10-11-14-6-5-9-17(19(14)25-13)28-21-18(22)20(23-12-24-21)26-15-7-3-4-8-16(15)27-2/h3-12H,22H2,1-2H3,(H,23,24,26). The Balaban J connectivity index is 1.69. The molecule has 0 saturated carbocycles. The third-order valence-electron chi connectivity index (χ3n) is 4.24. The zero-order valence-electron chi connectivity index (χ0n) is 15.5. The predicted molar refractivity (Wildman–Crippen MR) is 109 cm³/mol. The molecule has 7 nitrogen and oxygen atoms in total. The van der Waals surface area contributed by atoms with Crippen LogP contribution in [0.4, 0.5) is 17.2 Å². The van der Waals surface area contributed by atoms with Crippen LogP contribution in [0.2, 0.25) is 0 Å². The Bertz CT molecular complexity index is 1150. The van der Waals surface area contributed by atoms with Crippen molar-refractivity contribution in [3.8, 4) is 17.4 Å². The molecule has 0 aliphatic rings. The Hall–Kier alpha value is -3.87. The lowest BCUT2D eigenvalue weighted by Gasteiger charge is -2.14. The molecule has 2 aromatic carbocycles. The molecule has 0 aliphatic heterocycles. The molecule has 0 unspecified atom stereocenters. The van der Waals surface area contributed by atoms with Crippen molar-refractivity contribution in [3.05, 3.63) is 66.6 Å². The minimum atomic E-state index is 0.253. The number of para-hydroxylation sites is 3. The highest BCUT2D eigenvalue weighted by atomic mass is 16.5. The molecule has 2 aromatic heterocycles. The third kappa shape index (κ3) is 3.37. The van der Waals surface area contributed by atoms with Crippen LogP contribution in [0.3, 0.4) is 0 Å². The van der Waals surface area contributed by atoms with Gasteiger partial charge in [-0.1, -0.05) is 30.3 Å². The number of nitrogens with zero attached hydrogens (tertiary/aromatic N) is 3. The van der Waals surface area contributed by atoms with Crippen molar-refractivity contribution in [2.75, 3.05) is 18.2 Å². The van der Waals surface area contributed by atoms with E-state index in [9.17, 15) is 0 Å². The van der Waals surface area contributed by atoms with Gasteiger partial charge in [0.15, 0.2) is 11.6 Å². The smallest absolute Gasteiger partial charge is 0.248 e. The zero-order valence-corrected chi connectivity index (χ0v) is 15.5. The molecule has 0 bridgehead atoms. The van der Waals surface area contributed by atoms with Gasteiger partial charge in [0.2, 0.25) is 5.88 Å². The van der Waals surface area contributed by atoms with Crippen LogP contribution in [0, 0.1) is 6.92 Å². The molecule has 4 aromatic rings. The van der Waals surface area contributed by atoms with Crippen molar-refractivity contribution in [2.45, 2.75) is 6.92 Å². The first kappa shape index (κ1) is 17.5. The lowest BCUT2D eigenvalue weighted by Crippen LogP contribution is -2.04. The monoisotopic (exact) mass is 373 g/mol. The van der Waals surface area contributed by atoms with Gasteiger partial charge in [0, 0.05) is 11.1 Å². The first-order valence-corrected chi connectivity index (χ1v) is 8.70. The van der Waals surface area contributed by atoms with Crippen LogP contribution in [0.15, 0.2) is 60.9 Å². The Morgan fingerprint density at radius 1 is 0.929 bits per heavy atom. The molecule has 28 heavy (non-hydrogen) atoms.